The third kappa shape index (κ3) is 3.80. The van der Waals surface area contributed by atoms with Gasteiger partial charge in [-0.05, 0) is 30.6 Å². The number of hydrogen-bond donors (Lipinski definition) is 2. The lowest BCUT2D eigenvalue weighted by molar-refractivity contribution is -0.607. The molecule has 0 atom stereocenters. The van der Waals surface area contributed by atoms with Gasteiger partial charge in [0.2, 0.25) is 5.92 Å². The molecule has 4 aliphatic carbocycles. The maximum Gasteiger partial charge on any atom is 0.420 e. The largest absolute Gasteiger partial charge is 0.618 e. The van der Waals surface area contributed by atoms with Gasteiger partial charge in [-0.25, -0.2) is 8.78 Å². The van der Waals surface area contributed by atoms with E-state index in [4.69, 9.17) is 5.73 Å². The topological polar surface area (TPSA) is 117 Å². The molecule has 8 nitrogen and oxygen atoms in total. The van der Waals surface area contributed by atoms with E-state index in [-0.39, 0.29) is 22.7 Å². The van der Waals surface area contributed by atoms with Gasteiger partial charge in [0.05, 0.1) is 11.4 Å². The highest BCUT2D eigenvalue weighted by atomic mass is 19.4. The van der Waals surface area contributed by atoms with Gasteiger partial charge >= 0.3 is 12.1 Å². The van der Waals surface area contributed by atoms with Crippen LogP contribution in [-0.4, -0.2) is 27.5 Å². The number of hydrogen-bond acceptors (Lipinski definition) is 4. The summed E-state index contributed by atoms with van der Waals surface area (Å²) in [5.74, 6) is -4.87. The Bertz CT molecular complexity index is 1230. The number of nitrogens with zero attached hydrogens (tertiary/aromatic N) is 3. The normalized spacial score (nSPS) is 25.7. The molecule has 3 N–H and O–H groups in total. The van der Waals surface area contributed by atoms with Gasteiger partial charge in [-0.1, -0.05) is 6.92 Å². The number of anilines is 1. The number of carbonyl (C=O) groups excluding carboxylic acids is 2. The second kappa shape index (κ2) is 7.14. The Morgan fingerprint density at radius 2 is 1.91 bits per heavy atom. The molecule has 2 heterocycles. The minimum absolute atomic E-state index is 0.134. The molecule has 13 heteroatoms. The molecule has 6 rings (SSSR count). The van der Waals surface area contributed by atoms with Gasteiger partial charge < -0.3 is 16.3 Å². The minimum atomic E-state index is -4.92. The average molecular weight is 499 g/mol. The number of nitrogens with one attached hydrogen (secondary N) is 1. The molecule has 0 radical (unpaired) electrons. The maximum atomic E-state index is 14.3. The van der Waals surface area contributed by atoms with E-state index >= 15 is 0 Å². The molecule has 4 aliphatic rings. The van der Waals surface area contributed by atoms with E-state index in [0.29, 0.717) is 25.2 Å². The van der Waals surface area contributed by atoms with Gasteiger partial charge in [0.25, 0.3) is 11.6 Å². The molecule has 188 valence electrons. The second-order valence-corrected chi connectivity index (χ2v) is 10.5. The molecule has 4 saturated carbocycles. The summed E-state index contributed by atoms with van der Waals surface area (Å²) in [7, 11) is 0. The molecule has 0 spiro atoms. The van der Waals surface area contributed by atoms with Gasteiger partial charge in [-0.3, -0.25) is 14.3 Å². The Morgan fingerprint density at radius 3 is 2.40 bits per heavy atom. The number of carbonyl (C=O) groups is 2. The number of rotatable bonds is 6. The molecule has 2 amide bonds. The lowest BCUT2D eigenvalue weighted by Gasteiger charge is -2.61. The summed E-state index contributed by atoms with van der Waals surface area (Å²) < 4.78 is 71.3. The number of amides is 2. The van der Waals surface area contributed by atoms with Crippen LogP contribution in [0.1, 0.15) is 71.3 Å². The lowest BCUT2D eigenvalue weighted by atomic mass is 9.43. The zero-order valence-corrected chi connectivity index (χ0v) is 18.6. The first-order valence-electron chi connectivity index (χ1n) is 11.0. The van der Waals surface area contributed by atoms with Gasteiger partial charge in [0.1, 0.15) is 11.3 Å². The lowest BCUT2D eigenvalue weighted by Crippen LogP contribution is -2.56. The summed E-state index contributed by atoms with van der Waals surface area (Å²) in [4.78, 5) is 24.7. The highest BCUT2D eigenvalue weighted by Crippen LogP contribution is 2.66. The van der Waals surface area contributed by atoms with Crippen LogP contribution in [-0.2, 0) is 18.1 Å². The molecule has 0 aromatic carbocycles. The SMILES string of the molecule is CC1(Cn2nc(C34CC(C3)C4)c(C(F)(F)F)c2C(=O)Nc2cc[n+]([O-])c(C(N)=O)c2)CC(F)(F)C1. The van der Waals surface area contributed by atoms with E-state index in [1.54, 1.807) is 0 Å². The van der Waals surface area contributed by atoms with E-state index in [2.05, 4.69) is 10.4 Å². The summed E-state index contributed by atoms with van der Waals surface area (Å²) in [5.41, 5.74) is 0.483. The monoisotopic (exact) mass is 499 g/mol. The first-order chi connectivity index (χ1) is 16.1. The molecule has 2 aromatic rings. The number of pyridine rings is 1. The van der Waals surface area contributed by atoms with Crippen molar-refractivity contribution in [3.05, 3.63) is 46.2 Å². The van der Waals surface area contributed by atoms with Gasteiger partial charge in [0, 0.05) is 36.9 Å². The summed E-state index contributed by atoms with van der Waals surface area (Å²) in [6, 6.07) is 2.04. The van der Waals surface area contributed by atoms with Gasteiger partial charge in [0.15, 0.2) is 6.20 Å². The highest BCUT2D eigenvalue weighted by molar-refractivity contribution is 6.05. The Kier molecular flexibility index (Phi) is 4.79. The van der Waals surface area contributed by atoms with E-state index < -0.39 is 64.5 Å². The first kappa shape index (κ1) is 23.5. The molecule has 35 heavy (non-hydrogen) atoms. The van der Waals surface area contributed by atoms with Gasteiger partial charge in [-0.15, -0.1) is 0 Å². The summed E-state index contributed by atoms with van der Waals surface area (Å²) in [6.07, 6.45) is -3.51. The van der Waals surface area contributed by atoms with Crippen molar-refractivity contribution in [1.29, 1.82) is 0 Å². The standard InChI is InChI=1S/C22H22F5N5O3/c1-19(8-21(23,24)9-19)10-31-15(18(34)29-12-2-3-32(35)13(4-12)17(28)33)14(22(25,26)27)16(30-31)20-5-11(6-20)7-20/h2-4,11H,5-10H2,1H3,(H2,28,33)(H,29,34). The van der Waals surface area contributed by atoms with Crippen LogP contribution in [0.3, 0.4) is 0 Å². The van der Waals surface area contributed by atoms with Crippen molar-refractivity contribution in [3.8, 4) is 0 Å². The number of alkyl halides is 5. The predicted molar refractivity (Wildman–Crippen MR) is 110 cm³/mol. The summed E-state index contributed by atoms with van der Waals surface area (Å²) in [6.45, 7) is 1.22. The minimum Gasteiger partial charge on any atom is -0.618 e. The number of halogens is 5. The second-order valence-electron chi connectivity index (χ2n) is 10.5. The van der Waals surface area contributed by atoms with E-state index in [0.717, 1.165) is 23.0 Å². The van der Waals surface area contributed by atoms with E-state index in [1.165, 1.54) is 6.92 Å². The Morgan fingerprint density at radius 1 is 1.29 bits per heavy atom. The Labute approximate surface area is 195 Å². The molecule has 4 fully saturated rings. The van der Waals surface area contributed by atoms with Crippen LogP contribution in [0, 0.1) is 16.5 Å². The molecule has 2 bridgehead atoms. The van der Waals surface area contributed by atoms with Crippen molar-refractivity contribution in [3.63, 3.8) is 0 Å². The first-order valence-corrected chi connectivity index (χ1v) is 11.0. The molecule has 0 saturated heterocycles. The van der Waals surface area contributed by atoms with Crippen molar-refractivity contribution < 1.29 is 36.3 Å². The van der Waals surface area contributed by atoms with Crippen LogP contribution >= 0.6 is 0 Å². The fourth-order valence-corrected chi connectivity index (χ4v) is 5.82. The van der Waals surface area contributed by atoms with Crippen LogP contribution in [0.25, 0.3) is 0 Å². The van der Waals surface area contributed by atoms with Crippen LogP contribution in [0.15, 0.2) is 18.3 Å². The zero-order chi connectivity index (χ0) is 25.6. The molecular weight excluding hydrogens is 477 g/mol. The van der Waals surface area contributed by atoms with E-state index in [9.17, 15) is 36.7 Å². The smallest absolute Gasteiger partial charge is 0.420 e. The Hall–Kier alpha value is -3.25. The molecule has 2 aromatic heterocycles. The number of nitrogens with two attached hydrogens (primary N) is 1. The Balaban J connectivity index is 1.57. The van der Waals surface area contributed by atoms with Gasteiger partial charge in [-0.2, -0.15) is 23.0 Å². The molecular formula is C22H22F5N5O3. The summed E-state index contributed by atoms with van der Waals surface area (Å²) >= 11 is 0. The third-order valence-corrected chi connectivity index (χ3v) is 7.32. The summed E-state index contributed by atoms with van der Waals surface area (Å²) in [5, 5.41) is 18.2. The third-order valence-electron chi connectivity index (χ3n) is 7.32. The average Bonchev–Trinajstić information content (AvgIpc) is 2.97. The maximum absolute atomic E-state index is 14.3. The predicted octanol–water partition coefficient (Wildman–Crippen LogP) is 3.37. The number of aromatic nitrogens is 3. The van der Waals surface area contributed by atoms with Crippen molar-refractivity contribution in [1.82, 2.24) is 9.78 Å². The zero-order valence-electron chi connectivity index (χ0n) is 18.6. The quantitative estimate of drug-likeness (QED) is 0.360. The van der Waals surface area contributed by atoms with Crippen molar-refractivity contribution in [2.75, 3.05) is 5.32 Å². The van der Waals surface area contributed by atoms with Crippen molar-refractivity contribution in [2.24, 2.45) is 17.1 Å². The fourth-order valence-electron chi connectivity index (χ4n) is 5.82. The molecule has 0 aliphatic heterocycles. The fraction of sp³-hybridized carbons (Fsp3) is 0.545. The van der Waals surface area contributed by atoms with Crippen LogP contribution < -0.4 is 15.8 Å². The van der Waals surface area contributed by atoms with Crippen LogP contribution in [0.4, 0.5) is 27.6 Å². The van der Waals surface area contributed by atoms with Crippen molar-refractivity contribution >= 4 is 17.5 Å². The van der Waals surface area contributed by atoms with Crippen LogP contribution in [0.5, 0.6) is 0 Å². The van der Waals surface area contributed by atoms with E-state index in [1.807, 2.05) is 0 Å². The highest BCUT2D eigenvalue weighted by Gasteiger charge is 2.62. The van der Waals surface area contributed by atoms with Crippen LogP contribution in [0.2, 0.25) is 0 Å². The number of primary amides is 1. The van der Waals surface area contributed by atoms with Crippen molar-refractivity contribution in [2.45, 2.75) is 63.1 Å². The molecule has 0 unspecified atom stereocenters.